The van der Waals surface area contributed by atoms with Gasteiger partial charge in [-0.3, -0.25) is 4.79 Å². The molecule has 0 aliphatic carbocycles. The molecule has 3 heterocycles. The number of carbonyl (C=O) groups excluding carboxylic acids is 1. The number of pyridine rings is 1. The second kappa shape index (κ2) is 5.40. The van der Waals surface area contributed by atoms with Crippen molar-refractivity contribution in [3.05, 3.63) is 46.3 Å². The Kier molecular flexibility index (Phi) is 3.46. The second-order valence-corrected chi connectivity index (χ2v) is 5.55. The van der Waals surface area contributed by atoms with E-state index in [1.165, 1.54) is 10.4 Å². The number of hydrogen-bond donors (Lipinski definition) is 1. The van der Waals surface area contributed by atoms with Crippen molar-refractivity contribution in [1.29, 1.82) is 0 Å². The standard InChI is InChI=1S/C14H15N3OS/c18-13(16-9-12-4-2-8-19-12)10-17-7-5-11-3-1-6-15-14(11)17/h1-4,6,8H,5,7,9-10H2,(H,16,18). The van der Waals surface area contributed by atoms with Gasteiger partial charge < -0.3 is 10.2 Å². The normalized spacial score (nSPS) is 13.4. The number of thiophene rings is 1. The highest BCUT2D eigenvalue weighted by atomic mass is 32.1. The van der Waals surface area contributed by atoms with Gasteiger partial charge in [0.05, 0.1) is 13.1 Å². The average Bonchev–Trinajstić information content (AvgIpc) is 3.07. The van der Waals surface area contributed by atoms with Crippen LogP contribution in [0, 0.1) is 0 Å². The highest BCUT2D eigenvalue weighted by Crippen LogP contribution is 2.24. The largest absolute Gasteiger partial charge is 0.350 e. The summed E-state index contributed by atoms with van der Waals surface area (Å²) in [6.07, 6.45) is 2.75. The topological polar surface area (TPSA) is 45.2 Å². The number of amides is 1. The van der Waals surface area contributed by atoms with Crippen LogP contribution in [0.3, 0.4) is 0 Å². The van der Waals surface area contributed by atoms with E-state index < -0.39 is 0 Å². The zero-order chi connectivity index (χ0) is 13.1. The molecule has 0 aromatic carbocycles. The van der Waals surface area contributed by atoms with E-state index in [0.29, 0.717) is 13.1 Å². The van der Waals surface area contributed by atoms with Gasteiger partial charge in [0.1, 0.15) is 5.82 Å². The lowest BCUT2D eigenvalue weighted by Crippen LogP contribution is -2.36. The number of nitrogens with zero attached hydrogens (tertiary/aromatic N) is 2. The van der Waals surface area contributed by atoms with Crippen molar-refractivity contribution in [3.63, 3.8) is 0 Å². The van der Waals surface area contributed by atoms with E-state index in [0.717, 1.165) is 18.8 Å². The number of carbonyl (C=O) groups is 1. The van der Waals surface area contributed by atoms with Crippen LogP contribution in [0.15, 0.2) is 35.8 Å². The van der Waals surface area contributed by atoms with Gasteiger partial charge in [0.2, 0.25) is 5.91 Å². The molecule has 2 aromatic heterocycles. The van der Waals surface area contributed by atoms with Crippen molar-refractivity contribution in [3.8, 4) is 0 Å². The number of hydrogen-bond acceptors (Lipinski definition) is 4. The van der Waals surface area contributed by atoms with Crippen LogP contribution in [0.1, 0.15) is 10.4 Å². The van der Waals surface area contributed by atoms with Crippen molar-refractivity contribution < 1.29 is 4.79 Å². The minimum absolute atomic E-state index is 0.0481. The number of fused-ring (bicyclic) bond motifs is 1. The van der Waals surface area contributed by atoms with Crippen LogP contribution in [0.4, 0.5) is 5.82 Å². The fourth-order valence-electron chi connectivity index (χ4n) is 2.25. The maximum Gasteiger partial charge on any atom is 0.239 e. The molecular weight excluding hydrogens is 258 g/mol. The monoisotopic (exact) mass is 273 g/mol. The van der Waals surface area contributed by atoms with Gasteiger partial charge in [0, 0.05) is 17.6 Å². The minimum atomic E-state index is 0.0481. The van der Waals surface area contributed by atoms with E-state index in [1.807, 2.05) is 28.5 Å². The lowest BCUT2D eigenvalue weighted by molar-refractivity contribution is -0.119. The zero-order valence-electron chi connectivity index (χ0n) is 10.5. The van der Waals surface area contributed by atoms with Gasteiger partial charge in [-0.25, -0.2) is 4.98 Å². The highest BCUT2D eigenvalue weighted by molar-refractivity contribution is 7.09. The molecule has 1 N–H and O–H groups in total. The first-order chi connectivity index (χ1) is 9.33. The van der Waals surface area contributed by atoms with E-state index in [1.54, 1.807) is 17.5 Å². The molecule has 19 heavy (non-hydrogen) atoms. The Morgan fingerprint density at radius 1 is 1.42 bits per heavy atom. The Balaban J connectivity index is 1.56. The fourth-order valence-corrected chi connectivity index (χ4v) is 2.90. The third kappa shape index (κ3) is 2.76. The Morgan fingerprint density at radius 2 is 2.37 bits per heavy atom. The van der Waals surface area contributed by atoms with E-state index in [-0.39, 0.29) is 5.91 Å². The first-order valence-electron chi connectivity index (χ1n) is 6.31. The quantitative estimate of drug-likeness (QED) is 0.924. The van der Waals surface area contributed by atoms with Crippen molar-refractivity contribution >= 4 is 23.1 Å². The predicted molar refractivity (Wildman–Crippen MR) is 76.3 cm³/mol. The summed E-state index contributed by atoms with van der Waals surface area (Å²) in [5.74, 6) is 1.00. The maximum absolute atomic E-state index is 11.9. The summed E-state index contributed by atoms with van der Waals surface area (Å²) >= 11 is 1.66. The SMILES string of the molecule is O=C(CN1CCc2cccnc21)NCc1cccs1. The molecule has 0 atom stereocenters. The average molecular weight is 273 g/mol. The van der Waals surface area contributed by atoms with Gasteiger partial charge in [-0.15, -0.1) is 11.3 Å². The molecular formula is C14H15N3OS. The smallest absolute Gasteiger partial charge is 0.239 e. The molecule has 5 heteroatoms. The second-order valence-electron chi connectivity index (χ2n) is 4.51. The lowest BCUT2D eigenvalue weighted by atomic mass is 10.2. The van der Waals surface area contributed by atoms with Crippen molar-refractivity contribution in [2.75, 3.05) is 18.0 Å². The number of nitrogens with one attached hydrogen (secondary N) is 1. The third-order valence-corrected chi connectivity index (χ3v) is 4.07. The van der Waals surface area contributed by atoms with Gasteiger partial charge in [0.25, 0.3) is 0 Å². The number of rotatable bonds is 4. The molecule has 0 saturated heterocycles. The Labute approximate surface area is 116 Å². The zero-order valence-corrected chi connectivity index (χ0v) is 11.3. The molecule has 0 fully saturated rings. The Bertz CT molecular complexity index is 568. The summed E-state index contributed by atoms with van der Waals surface area (Å²) < 4.78 is 0. The first kappa shape index (κ1) is 12.2. The summed E-state index contributed by atoms with van der Waals surface area (Å²) in [5.41, 5.74) is 1.23. The third-order valence-electron chi connectivity index (χ3n) is 3.19. The molecule has 1 aliphatic heterocycles. The lowest BCUT2D eigenvalue weighted by Gasteiger charge is -2.17. The summed E-state index contributed by atoms with van der Waals surface area (Å²) in [6, 6.07) is 8.04. The number of anilines is 1. The molecule has 1 amide bonds. The summed E-state index contributed by atoms with van der Waals surface area (Å²) in [4.78, 5) is 19.5. The first-order valence-corrected chi connectivity index (χ1v) is 7.19. The van der Waals surface area contributed by atoms with E-state index in [9.17, 15) is 4.79 Å². The van der Waals surface area contributed by atoms with Crippen molar-refractivity contribution in [2.24, 2.45) is 0 Å². The molecule has 4 nitrogen and oxygen atoms in total. The van der Waals surface area contributed by atoms with E-state index in [4.69, 9.17) is 0 Å². The van der Waals surface area contributed by atoms with Crippen molar-refractivity contribution in [1.82, 2.24) is 10.3 Å². The van der Waals surface area contributed by atoms with Gasteiger partial charge in [-0.05, 0) is 29.5 Å². The van der Waals surface area contributed by atoms with Gasteiger partial charge in [-0.1, -0.05) is 12.1 Å². The summed E-state index contributed by atoms with van der Waals surface area (Å²) in [6.45, 7) is 1.87. The van der Waals surface area contributed by atoms with E-state index in [2.05, 4.69) is 16.4 Å². The predicted octanol–water partition coefficient (Wildman–Crippen LogP) is 1.82. The molecule has 3 rings (SSSR count). The molecule has 0 bridgehead atoms. The number of aromatic nitrogens is 1. The summed E-state index contributed by atoms with van der Waals surface area (Å²) in [5, 5.41) is 4.96. The molecule has 1 aliphatic rings. The molecule has 0 unspecified atom stereocenters. The molecule has 0 saturated carbocycles. The van der Waals surface area contributed by atoms with Crippen LogP contribution in [-0.4, -0.2) is 24.0 Å². The molecule has 0 spiro atoms. The Hall–Kier alpha value is -1.88. The highest BCUT2D eigenvalue weighted by Gasteiger charge is 2.21. The Morgan fingerprint density at radius 3 is 3.21 bits per heavy atom. The van der Waals surface area contributed by atoms with Crippen LogP contribution in [0.2, 0.25) is 0 Å². The summed E-state index contributed by atoms with van der Waals surface area (Å²) in [7, 11) is 0. The molecule has 0 radical (unpaired) electrons. The molecule has 2 aromatic rings. The van der Waals surface area contributed by atoms with Crippen LogP contribution < -0.4 is 10.2 Å². The van der Waals surface area contributed by atoms with Crippen LogP contribution in [-0.2, 0) is 17.8 Å². The molecule has 98 valence electrons. The van der Waals surface area contributed by atoms with Crippen LogP contribution >= 0.6 is 11.3 Å². The minimum Gasteiger partial charge on any atom is -0.350 e. The van der Waals surface area contributed by atoms with Crippen LogP contribution in [0.25, 0.3) is 0 Å². The van der Waals surface area contributed by atoms with E-state index >= 15 is 0 Å². The van der Waals surface area contributed by atoms with Crippen molar-refractivity contribution in [2.45, 2.75) is 13.0 Å². The van der Waals surface area contributed by atoms with Gasteiger partial charge in [0.15, 0.2) is 0 Å². The van der Waals surface area contributed by atoms with Gasteiger partial charge in [-0.2, -0.15) is 0 Å². The van der Waals surface area contributed by atoms with Gasteiger partial charge >= 0.3 is 0 Å². The maximum atomic E-state index is 11.9. The van der Waals surface area contributed by atoms with Crippen LogP contribution in [0.5, 0.6) is 0 Å². The fraction of sp³-hybridized carbons (Fsp3) is 0.286.